The Morgan fingerprint density at radius 3 is 2.57 bits per heavy atom. The maximum absolute atomic E-state index is 5.44. The van der Waals surface area contributed by atoms with Crippen LogP contribution in [0.4, 0.5) is 5.69 Å². The molecule has 1 atom stereocenters. The molecular weight excluding hydrogens is 282 g/mol. The molecule has 0 fully saturated rings. The molecule has 2 aromatic rings. The van der Waals surface area contributed by atoms with E-state index >= 15 is 0 Å². The zero-order valence-electron chi connectivity index (χ0n) is 11.6. The predicted molar refractivity (Wildman–Crippen MR) is 89.0 cm³/mol. The maximum Gasteiger partial charge on any atom is 0.166 e. The Hall–Kier alpha value is -2.40. The Labute approximate surface area is 129 Å². The molecule has 4 nitrogen and oxygen atoms in total. The van der Waals surface area contributed by atoms with Gasteiger partial charge in [-0.05, 0) is 24.3 Å². The van der Waals surface area contributed by atoms with Crippen LogP contribution >= 0.6 is 12.2 Å². The smallest absolute Gasteiger partial charge is 0.166 e. The maximum atomic E-state index is 5.44. The van der Waals surface area contributed by atoms with E-state index in [1.165, 1.54) is 0 Å². The molecule has 0 bridgehead atoms. The average molecular weight is 297 g/mol. The molecule has 1 N–H and O–H groups in total. The summed E-state index contributed by atoms with van der Waals surface area (Å²) in [6.07, 6.45) is -0.151. The lowest BCUT2D eigenvalue weighted by molar-refractivity contribution is 0.414. The van der Waals surface area contributed by atoms with Gasteiger partial charge < -0.3 is 4.74 Å². The number of hydrazone groups is 1. The molecule has 0 amide bonds. The van der Waals surface area contributed by atoms with Gasteiger partial charge >= 0.3 is 0 Å². The standard InChI is InChI=1S/C16H15N3OS/c1-20-14-10-6-5-9-13(14)16-18-17-15(11-21)19(16)12-7-3-2-4-8-12/h2-11,15,17H,1H3. The lowest BCUT2D eigenvalue weighted by Crippen LogP contribution is -2.41. The van der Waals surface area contributed by atoms with Crippen molar-refractivity contribution >= 4 is 29.1 Å². The predicted octanol–water partition coefficient (Wildman–Crippen LogP) is 2.79. The van der Waals surface area contributed by atoms with Crippen molar-refractivity contribution in [2.75, 3.05) is 12.0 Å². The molecule has 21 heavy (non-hydrogen) atoms. The molecule has 0 aliphatic carbocycles. The number of rotatable bonds is 4. The van der Waals surface area contributed by atoms with E-state index in [1.54, 1.807) is 12.5 Å². The first-order valence-corrected chi connectivity index (χ1v) is 7.08. The number of hydrogen-bond donors (Lipinski definition) is 1. The number of benzene rings is 2. The lowest BCUT2D eigenvalue weighted by Gasteiger charge is -2.25. The monoisotopic (exact) mass is 297 g/mol. The molecule has 0 saturated carbocycles. The molecule has 1 aliphatic heterocycles. The molecule has 0 spiro atoms. The summed E-state index contributed by atoms with van der Waals surface area (Å²) in [4.78, 5) is 2.06. The van der Waals surface area contributed by atoms with Gasteiger partial charge in [-0.1, -0.05) is 42.5 Å². The van der Waals surface area contributed by atoms with Crippen molar-refractivity contribution in [1.82, 2.24) is 5.43 Å². The second kappa shape index (κ2) is 5.93. The Balaban J connectivity index is 2.07. The van der Waals surface area contributed by atoms with Crippen LogP contribution in [0.25, 0.3) is 0 Å². The van der Waals surface area contributed by atoms with Crippen LogP contribution < -0.4 is 15.1 Å². The largest absolute Gasteiger partial charge is 0.496 e. The number of anilines is 1. The fraction of sp³-hybridized carbons (Fsp3) is 0.125. The van der Waals surface area contributed by atoms with Crippen molar-refractivity contribution < 1.29 is 4.74 Å². The quantitative estimate of drug-likeness (QED) is 0.881. The molecule has 3 rings (SSSR count). The molecule has 1 heterocycles. The van der Waals surface area contributed by atoms with Gasteiger partial charge in [0.15, 0.2) is 12.0 Å². The van der Waals surface area contributed by atoms with E-state index in [9.17, 15) is 0 Å². The van der Waals surface area contributed by atoms with Crippen molar-refractivity contribution in [3.05, 3.63) is 60.2 Å². The van der Waals surface area contributed by atoms with Crippen molar-refractivity contribution in [3.8, 4) is 5.75 Å². The summed E-state index contributed by atoms with van der Waals surface area (Å²) in [7, 11) is 1.66. The van der Waals surface area contributed by atoms with E-state index in [4.69, 9.17) is 17.0 Å². The Kier molecular flexibility index (Phi) is 3.83. The summed E-state index contributed by atoms with van der Waals surface area (Å²) in [6.45, 7) is 0. The SMILES string of the molecule is COc1ccccc1C1=NNC(C=S)N1c1ccccc1. The number of para-hydroxylation sites is 2. The molecule has 0 aromatic heterocycles. The van der Waals surface area contributed by atoms with Crippen molar-refractivity contribution in [2.24, 2.45) is 5.10 Å². The first-order valence-electron chi connectivity index (χ1n) is 6.61. The van der Waals surface area contributed by atoms with Crippen LogP contribution in [-0.2, 0) is 0 Å². The number of methoxy groups -OCH3 is 1. The number of thiocarbonyl (C=S) groups is 1. The highest BCUT2D eigenvalue weighted by Crippen LogP contribution is 2.27. The summed E-state index contributed by atoms with van der Waals surface area (Å²) in [5.41, 5.74) is 5.01. The van der Waals surface area contributed by atoms with E-state index in [0.717, 1.165) is 22.8 Å². The van der Waals surface area contributed by atoms with Gasteiger partial charge in [0.25, 0.3) is 0 Å². The lowest BCUT2D eigenvalue weighted by atomic mass is 10.1. The minimum atomic E-state index is -0.151. The van der Waals surface area contributed by atoms with Crippen molar-refractivity contribution in [2.45, 2.75) is 6.17 Å². The number of ether oxygens (including phenoxy) is 1. The Morgan fingerprint density at radius 1 is 1.14 bits per heavy atom. The van der Waals surface area contributed by atoms with Crippen molar-refractivity contribution in [3.63, 3.8) is 0 Å². The van der Waals surface area contributed by atoms with E-state index in [1.807, 2.05) is 54.6 Å². The third-order valence-corrected chi connectivity index (χ3v) is 3.58. The number of nitrogens with one attached hydrogen (secondary N) is 1. The minimum absolute atomic E-state index is 0.151. The van der Waals surface area contributed by atoms with Gasteiger partial charge in [-0.2, -0.15) is 5.10 Å². The van der Waals surface area contributed by atoms with Gasteiger partial charge in [0.05, 0.1) is 12.7 Å². The number of hydrogen-bond acceptors (Lipinski definition) is 5. The highest BCUT2D eigenvalue weighted by atomic mass is 32.1. The molecule has 2 aromatic carbocycles. The van der Waals surface area contributed by atoms with Crippen LogP contribution in [0.15, 0.2) is 59.7 Å². The Morgan fingerprint density at radius 2 is 1.86 bits per heavy atom. The minimum Gasteiger partial charge on any atom is -0.496 e. The van der Waals surface area contributed by atoms with E-state index in [-0.39, 0.29) is 6.17 Å². The van der Waals surface area contributed by atoms with Gasteiger partial charge in [0.1, 0.15) is 5.75 Å². The zero-order chi connectivity index (χ0) is 14.7. The van der Waals surface area contributed by atoms with Gasteiger partial charge in [0.2, 0.25) is 0 Å². The van der Waals surface area contributed by atoms with Gasteiger partial charge in [0, 0.05) is 11.1 Å². The van der Waals surface area contributed by atoms with Crippen LogP contribution in [0, 0.1) is 0 Å². The normalized spacial score (nSPS) is 17.1. The molecule has 5 heteroatoms. The number of nitrogens with zero attached hydrogens (tertiary/aromatic N) is 2. The summed E-state index contributed by atoms with van der Waals surface area (Å²) < 4.78 is 5.44. The zero-order valence-corrected chi connectivity index (χ0v) is 12.4. The third kappa shape index (κ3) is 2.48. The summed E-state index contributed by atoms with van der Waals surface area (Å²) in [5, 5.41) is 6.10. The molecule has 1 aliphatic rings. The summed E-state index contributed by atoms with van der Waals surface area (Å²) in [6, 6.07) is 17.9. The van der Waals surface area contributed by atoms with Crippen LogP contribution in [0.5, 0.6) is 5.75 Å². The highest BCUT2D eigenvalue weighted by Gasteiger charge is 2.29. The van der Waals surface area contributed by atoms with Gasteiger partial charge in [-0.15, -0.1) is 0 Å². The van der Waals surface area contributed by atoms with Crippen molar-refractivity contribution in [1.29, 1.82) is 0 Å². The summed E-state index contributed by atoms with van der Waals surface area (Å²) in [5.74, 6) is 1.58. The second-order valence-corrected chi connectivity index (χ2v) is 4.82. The van der Waals surface area contributed by atoms with Crippen LogP contribution in [0.2, 0.25) is 0 Å². The van der Waals surface area contributed by atoms with Gasteiger partial charge in [-0.3, -0.25) is 10.3 Å². The number of amidine groups is 1. The molecule has 0 radical (unpaired) electrons. The molecular formula is C16H15N3OS. The van der Waals surface area contributed by atoms with Gasteiger partial charge in [-0.25, -0.2) is 0 Å². The fourth-order valence-corrected chi connectivity index (χ4v) is 2.54. The topological polar surface area (TPSA) is 36.9 Å². The third-order valence-electron chi connectivity index (χ3n) is 3.32. The fourth-order valence-electron chi connectivity index (χ4n) is 2.35. The van der Waals surface area contributed by atoms with Crippen LogP contribution in [-0.4, -0.2) is 24.5 Å². The van der Waals surface area contributed by atoms with E-state index < -0.39 is 0 Å². The van der Waals surface area contributed by atoms with E-state index in [0.29, 0.717) is 0 Å². The Bertz CT molecular complexity index is 672. The average Bonchev–Trinajstić information content (AvgIpc) is 2.99. The highest BCUT2D eigenvalue weighted by molar-refractivity contribution is 7.79. The second-order valence-electron chi connectivity index (χ2n) is 4.55. The first-order chi connectivity index (χ1) is 10.3. The first kappa shape index (κ1) is 13.6. The summed E-state index contributed by atoms with van der Waals surface area (Å²) >= 11 is 5.12. The van der Waals surface area contributed by atoms with Crippen LogP contribution in [0.1, 0.15) is 5.56 Å². The molecule has 1 unspecified atom stereocenters. The van der Waals surface area contributed by atoms with Crippen LogP contribution in [0.3, 0.4) is 0 Å². The van der Waals surface area contributed by atoms with E-state index in [2.05, 4.69) is 15.4 Å². The molecule has 0 saturated heterocycles. The molecule has 106 valence electrons.